The Morgan fingerprint density at radius 3 is 2.25 bits per heavy atom. The van der Waals surface area contributed by atoms with Gasteiger partial charge in [0.15, 0.2) is 0 Å². The van der Waals surface area contributed by atoms with Crippen molar-refractivity contribution in [2.75, 3.05) is 0 Å². The Labute approximate surface area is 79.6 Å². The molecular weight excluding hydrogens is 168 g/mol. The second kappa shape index (κ2) is 4.51. The van der Waals surface area contributed by atoms with E-state index in [1.165, 1.54) is 5.56 Å². The van der Waals surface area contributed by atoms with Crippen molar-refractivity contribution in [1.82, 2.24) is 0 Å². The number of hydrogen-bond donors (Lipinski definition) is 0. The van der Waals surface area contributed by atoms with Crippen molar-refractivity contribution >= 4 is 11.6 Å². The minimum atomic E-state index is 0.257. The van der Waals surface area contributed by atoms with Crippen molar-refractivity contribution in [1.29, 1.82) is 0 Å². The zero-order valence-corrected chi connectivity index (χ0v) is 8.38. The summed E-state index contributed by atoms with van der Waals surface area (Å²) < 4.78 is 0. The van der Waals surface area contributed by atoms with Gasteiger partial charge in [-0.05, 0) is 17.9 Å². The summed E-state index contributed by atoms with van der Waals surface area (Å²) in [6, 6.07) is 10.4. The molecule has 1 rings (SSSR count). The molecule has 0 saturated carbocycles. The Morgan fingerprint density at radius 1 is 1.17 bits per heavy atom. The summed E-state index contributed by atoms with van der Waals surface area (Å²) in [4.78, 5) is 0. The molecule has 1 unspecified atom stereocenters. The molecule has 0 aliphatic rings. The fraction of sp³-hybridized carbons (Fsp3) is 0.455. The molecule has 1 atom stereocenters. The minimum Gasteiger partial charge on any atom is -0.122 e. The molecule has 0 N–H and O–H groups in total. The minimum absolute atomic E-state index is 0.257. The van der Waals surface area contributed by atoms with Crippen molar-refractivity contribution in [3.05, 3.63) is 35.9 Å². The molecule has 0 aliphatic carbocycles. The third kappa shape index (κ3) is 2.86. The van der Waals surface area contributed by atoms with Crippen molar-refractivity contribution in [3.63, 3.8) is 0 Å². The lowest BCUT2D eigenvalue weighted by Gasteiger charge is -2.12. The lowest BCUT2D eigenvalue weighted by atomic mass is 10.0. The van der Waals surface area contributed by atoms with E-state index in [9.17, 15) is 0 Å². The Balaban J connectivity index is 2.53. The highest BCUT2D eigenvalue weighted by Crippen LogP contribution is 2.15. The van der Waals surface area contributed by atoms with Gasteiger partial charge in [-0.3, -0.25) is 0 Å². The van der Waals surface area contributed by atoms with E-state index in [4.69, 9.17) is 11.6 Å². The van der Waals surface area contributed by atoms with Crippen molar-refractivity contribution < 1.29 is 0 Å². The van der Waals surface area contributed by atoms with Crippen LogP contribution in [-0.4, -0.2) is 5.38 Å². The second-order valence-corrected chi connectivity index (χ2v) is 4.01. The van der Waals surface area contributed by atoms with Gasteiger partial charge in [0.05, 0.1) is 0 Å². The average molecular weight is 183 g/mol. The quantitative estimate of drug-likeness (QED) is 0.628. The van der Waals surface area contributed by atoms with Gasteiger partial charge >= 0.3 is 0 Å². The van der Waals surface area contributed by atoms with Crippen molar-refractivity contribution in [3.8, 4) is 0 Å². The highest BCUT2D eigenvalue weighted by atomic mass is 35.5. The second-order valence-electron chi connectivity index (χ2n) is 3.45. The molecule has 0 aromatic heterocycles. The first-order valence-electron chi connectivity index (χ1n) is 4.38. The van der Waals surface area contributed by atoms with Crippen molar-refractivity contribution in [2.24, 2.45) is 5.92 Å². The molecule has 0 saturated heterocycles. The molecule has 0 aliphatic heterocycles. The molecule has 1 aromatic carbocycles. The zero-order chi connectivity index (χ0) is 8.97. The fourth-order valence-electron chi connectivity index (χ4n) is 1.07. The maximum absolute atomic E-state index is 6.15. The molecule has 0 heterocycles. The number of alkyl halides is 1. The largest absolute Gasteiger partial charge is 0.122 e. The first kappa shape index (κ1) is 9.60. The maximum Gasteiger partial charge on any atom is 0.0399 e. The van der Waals surface area contributed by atoms with Gasteiger partial charge in [0.2, 0.25) is 0 Å². The van der Waals surface area contributed by atoms with Crippen LogP contribution in [0.5, 0.6) is 0 Å². The summed E-state index contributed by atoms with van der Waals surface area (Å²) in [6.45, 7) is 4.31. The monoisotopic (exact) mass is 182 g/mol. The van der Waals surface area contributed by atoms with Crippen LogP contribution in [0.25, 0.3) is 0 Å². The van der Waals surface area contributed by atoms with Gasteiger partial charge in [-0.15, -0.1) is 11.6 Å². The molecule has 0 nitrogen and oxygen atoms in total. The molecule has 0 radical (unpaired) electrons. The van der Waals surface area contributed by atoms with Crippen molar-refractivity contribution in [2.45, 2.75) is 25.6 Å². The predicted molar refractivity (Wildman–Crippen MR) is 54.6 cm³/mol. The molecular formula is C11H15Cl. The fourth-order valence-corrected chi connectivity index (χ4v) is 1.25. The van der Waals surface area contributed by atoms with Gasteiger partial charge in [0, 0.05) is 5.38 Å². The molecule has 0 spiro atoms. The molecule has 0 fully saturated rings. The summed E-state index contributed by atoms with van der Waals surface area (Å²) in [5.74, 6) is 0.548. The van der Waals surface area contributed by atoms with Crippen LogP contribution >= 0.6 is 11.6 Å². The molecule has 1 aromatic rings. The highest BCUT2D eigenvalue weighted by Gasteiger charge is 2.09. The molecule has 0 amide bonds. The lowest BCUT2D eigenvalue weighted by molar-refractivity contribution is 0.596. The van der Waals surface area contributed by atoms with Gasteiger partial charge in [0.25, 0.3) is 0 Å². The summed E-state index contributed by atoms with van der Waals surface area (Å²) in [7, 11) is 0. The number of halogens is 1. The summed E-state index contributed by atoms with van der Waals surface area (Å²) in [5, 5.41) is 0.257. The number of hydrogen-bond acceptors (Lipinski definition) is 0. The topological polar surface area (TPSA) is 0 Å². The molecule has 1 heteroatoms. The smallest absolute Gasteiger partial charge is 0.0399 e. The van der Waals surface area contributed by atoms with E-state index in [2.05, 4.69) is 38.1 Å². The first-order valence-corrected chi connectivity index (χ1v) is 4.82. The van der Waals surface area contributed by atoms with E-state index in [1.54, 1.807) is 0 Å². The summed E-state index contributed by atoms with van der Waals surface area (Å²) >= 11 is 6.15. The van der Waals surface area contributed by atoms with E-state index >= 15 is 0 Å². The van der Waals surface area contributed by atoms with Crippen LogP contribution in [0.15, 0.2) is 30.3 Å². The average Bonchev–Trinajstić information content (AvgIpc) is 2.06. The molecule has 12 heavy (non-hydrogen) atoms. The van der Waals surface area contributed by atoms with Crippen LogP contribution < -0.4 is 0 Å². The number of rotatable bonds is 3. The standard InChI is InChI=1S/C11H15Cl/c1-9(2)11(12)8-10-6-4-3-5-7-10/h3-7,9,11H,8H2,1-2H3. The van der Waals surface area contributed by atoms with E-state index in [-0.39, 0.29) is 5.38 Å². The third-order valence-electron chi connectivity index (χ3n) is 2.00. The van der Waals surface area contributed by atoms with Gasteiger partial charge in [-0.1, -0.05) is 44.2 Å². The van der Waals surface area contributed by atoms with Crippen LogP contribution in [-0.2, 0) is 6.42 Å². The van der Waals surface area contributed by atoms with Crippen LogP contribution in [0.4, 0.5) is 0 Å². The Kier molecular flexibility index (Phi) is 3.61. The highest BCUT2D eigenvalue weighted by molar-refractivity contribution is 6.20. The SMILES string of the molecule is CC(C)C(Cl)Cc1ccccc1. The Bertz CT molecular complexity index is 216. The van der Waals surface area contributed by atoms with Gasteiger partial charge in [-0.25, -0.2) is 0 Å². The third-order valence-corrected chi connectivity index (χ3v) is 2.66. The van der Waals surface area contributed by atoms with Crippen LogP contribution in [0, 0.1) is 5.92 Å². The lowest BCUT2D eigenvalue weighted by Crippen LogP contribution is -2.10. The van der Waals surface area contributed by atoms with E-state index < -0.39 is 0 Å². The van der Waals surface area contributed by atoms with E-state index in [1.807, 2.05) is 6.07 Å². The normalized spacial score (nSPS) is 13.3. The maximum atomic E-state index is 6.15. The Morgan fingerprint density at radius 2 is 1.75 bits per heavy atom. The molecule has 66 valence electrons. The van der Waals surface area contributed by atoms with Crippen LogP contribution in [0.2, 0.25) is 0 Å². The van der Waals surface area contributed by atoms with Gasteiger partial charge in [0.1, 0.15) is 0 Å². The van der Waals surface area contributed by atoms with Crippen LogP contribution in [0.3, 0.4) is 0 Å². The zero-order valence-electron chi connectivity index (χ0n) is 7.63. The first-order chi connectivity index (χ1) is 5.70. The van der Waals surface area contributed by atoms with Crippen LogP contribution in [0.1, 0.15) is 19.4 Å². The summed E-state index contributed by atoms with van der Waals surface area (Å²) in [6.07, 6.45) is 0.972. The Hall–Kier alpha value is -0.490. The summed E-state index contributed by atoms with van der Waals surface area (Å²) in [5.41, 5.74) is 1.33. The van der Waals surface area contributed by atoms with E-state index in [0.29, 0.717) is 5.92 Å². The van der Waals surface area contributed by atoms with E-state index in [0.717, 1.165) is 6.42 Å². The van der Waals surface area contributed by atoms with Gasteiger partial charge in [-0.2, -0.15) is 0 Å². The number of benzene rings is 1. The predicted octanol–water partition coefficient (Wildman–Crippen LogP) is 3.49. The molecule has 0 bridgehead atoms. The van der Waals surface area contributed by atoms with Gasteiger partial charge < -0.3 is 0 Å².